The van der Waals surface area contributed by atoms with Crippen LogP contribution in [0.25, 0.3) is 0 Å². The van der Waals surface area contributed by atoms with Crippen LogP contribution in [-0.4, -0.2) is 70.0 Å². The first kappa shape index (κ1) is 73.5. The normalized spacial score (nSPS) is 13.7. The van der Waals surface area contributed by atoms with E-state index < -0.39 is 26.5 Å². The van der Waals surface area contributed by atoms with E-state index in [0.717, 1.165) is 83.5 Å². The molecule has 0 saturated heterocycles. The van der Waals surface area contributed by atoms with Gasteiger partial charge in [-0.15, -0.1) is 0 Å². The number of ether oxygens (including phenoxy) is 2. The molecule has 0 aliphatic rings. The predicted octanol–water partition coefficient (Wildman–Crippen LogP) is 19.4. The Kier molecular flexibility index (Phi) is 55.2. The number of carbonyl (C=O) groups is 2. The zero-order chi connectivity index (χ0) is 55.6. The third-order valence-corrected chi connectivity index (χ3v) is 14.7. The molecule has 0 rings (SSSR count). The maximum absolute atomic E-state index is 12.8. The van der Waals surface area contributed by atoms with Crippen LogP contribution in [-0.2, 0) is 32.7 Å². The summed E-state index contributed by atoms with van der Waals surface area (Å²) in [7, 11) is 1.17. The molecular formula is C66H120NO8P. The van der Waals surface area contributed by atoms with E-state index in [0.29, 0.717) is 17.4 Å². The molecule has 0 fully saturated rings. The summed E-state index contributed by atoms with van der Waals surface area (Å²) in [5, 5.41) is 0. The minimum absolute atomic E-state index is 0.0327. The molecule has 2 atom stereocenters. The van der Waals surface area contributed by atoms with Gasteiger partial charge in [0.15, 0.2) is 6.10 Å². The van der Waals surface area contributed by atoms with Crippen molar-refractivity contribution in [2.24, 2.45) is 0 Å². The lowest BCUT2D eigenvalue weighted by molar-refractivity contribution is -0.870. The Morgan fingerprint density at radius 1 is 0.421 bits per heavy atom. The third kappa shape index (κ3) is 60.7. The van der Waals surface area contributed by atoms with Gasteiger partial charge in [0.25, 0.3) is 7.82 Å². The summed E-state index contributed by atoms with van der Waals surface area (Å²) in [6, 6.07) is 0. The number of hydrogen-bond acceptors (Lipinski definition) is 8. The molecular weight excluding hydrogens is 966 g/mol. The van der Waals surface area contributed by atoms with Gasteiger partial charge in [-0.25, -0.2) is 0 Å². The van der Waals surface area contributed by atoms with Crippen molar-refractivity contribution in [3.63, 3.8) is 0 Å². The van der Waals surface area contributed by atoms with Crippen molar-refractivity contribution in [3.05, 3.63) is 72.9 Å². The Balaban J connectivity index is 4.12. The van der Waals surface area contributed by atoms with Gasteiger partial charge >= 0.3 is 11.9 Å². The van der Waals surface area contributed by atoms with Gasteiger partial charge in [0.1, 0.15) is 19.8 Å². The van der Waals surface area contributed by atoms with Crippen molar-refractivity contribution in [1.82, 2.24) is 0 Å². The summed E-state index contributed by atoms with van der Waals surface area (Å²) in [4.78, 5) is 38.0. The minimum atomic E-state index is -4.64. The molecule has 0 aromatic heterocycles. The van der Waals surface area contributed by atoms with Crippen LogP contribution in [0.1, 0.15) is 284 Å². The zero-order valence-corrected chi connectivity index (χ0v) is 51.1. The van der Waals surface area contributed by atoms with Crippen molar-refractivity contribution >= 4 is 19.8 Å². The van der Waals surface area contributed by atoms with Gasteiger partial charge in [-0.2, -0.15) is 0 Å². The molecule has 0 aliphatic heterocycles. The van der Waals surface area contributed by atoms with E-state index in [1.807, 2.05) is 21.1 Å². The molecule has 76 heavy (non-hydrogen) atoms. The monoisotopic (exact) mass is 1090 g/mol. The van der Waals surface area contributed by atoms with Crippen LogP contribution in [0.15, 0.2) is 72.9 Å². The van der Waals surface area contributed by atoms with Crippen molar-refractivity contribution in [3.8, 4) is 0 Å². The van der Waals surface area contributed by atoms with Crippen molar-refractivity contribution < 1.29 is 42.1 Å². The van der Waals surface area contributed by atoms with E-state index in [9.17, 15) is 19.0 Å². The summed E-state index contributed by atoms with van der Waals surface area (Å²) in [6.45, 7) is 4.16. The van der Waals surface area contributed by atoms with Crippen LogP contribution in [0.5, 0.6) is 0 Å². The predicted molar refractivity (Wildman–Crippen MR) is 323 cm³/mol. The van der Waals surface area contributed by atoms with Crippen molar-refractivity contribution in [2.75, 3.05) is 47.5 Å². The van der Waals surface area contributed by atoms with Gasteiger partial charge in [-0.05, 0) is 64.2 Å². The Morgan fingerprint density at radius 3 is 1.12 bits per heavy atom. The highest BCUT2D eigenvalue weighted by molar-refractivity contribution is 7.45. The maximum atomic E-state index is 12.8. The van der Waals surface area contributed by atoms with Crippen LogP contribution in [0.3, 0.4) is 0 Å². The summed E-state index contributed by atoms with van der Waals surface area (Å²) in [5.41, 5.74) is 0. The lowest BCUT2D eigenvalue weighted by Crippen LogP contribution is -2.37. The van der Waals surface area contributed by atoms with Crippen molar-refractivity contribution in [1.29, 1.82) is 0 Å². The van der Waals surface area contributed by atoms with E-state index in [4.69, 9.17) is 18.5 Å². The van der Waals surface area contributed by atoms with E-state index in [1.54, 1.807) is 0 Å². The zero-order valence-electron chi connectivity index (χ0n) is 50.2. The fourth-order valence-corrected chi connectivity index (χ4v) is 9.63. The van der Waals surface area contributed by atoms with E-state index in [1.165, 1.54) is 167 Å². The lowest BCUT2D eigenvalue weighted by atomic mass is 10.0. The number of unbranched alkanes of at least 4 members (excludes halogenated alkanes) is 32. The first-order chi connectivity index (χ1) is 37.0. The number of nitrogens with zero attached hydrogens (tertiary/aromatic N) is 1. The van der Waals surface area contributed by atoms with Gasteiger partial charge in [0.2, 0.25) is 0 Å². The second-order valence-corrected chi connectivity index (χ2v) is 23.8. The van der Waals surface area contributed by atoms with Crippen LogP contribution in [0.4, 0.5) is 0 Å². The number of carbonyl (C=O) groups excluding carboxylic acids is 2. The molecule has 0 saturated carbocycles. The number of rotatable bonds is 58. The number of likely N-dealkylation sites (N-methyl/N-ethyl adjacent to an activating group) is 1. The van der Waals surface area contributed by atoms with Crippen LogP contribution >= 0.6 is 7.82 Å². The van der Waals surface area contributed by atoms with Crippen LogP contribution in [0, 0.1) is 0 Å². The van der Waals surface area contributed by atoms with E-state index in [2.05, 4.69) is 86.8 Å². The van der Waals surface area contributed by atoms with Gasteiger partial charge < -0.3 is 27.9 Å². The third-order valence-electron chi connectivity index (χ3n) is 13.7. The SMILES string of the molecule is CC/C=C\C/C=C\C/C=C\C/C=C\C/C=C\C/C=C\CCCCCCCCCCCCC(=O)OC(COC(=O)CCCCCCCCCCCCCCCCCCCCCCCCC)COP(=O)([O-])OCC[N+](C)(C)C. The van der Waals surface area contributed by atoms with Gasteiger partial charge in [0, 0.05) is 12.8 Å². The minimum Gasteiger partial charge on any atom is -0.756 e. The fraction of sp³-hybridized carbons (Fsp3) is 0.788. The number of phosphoric acid groups is 1. The number of hydrogen-bond donors (Lipinski definition) is 0. The number of allylic oxidation sites excluding steroid dienone is 12. The van der Waals surface area contributed by atoms with Gasteiger partial charge in [0.05, 0.1) is 27.7 Å². The smallest absolute Gasteiger partial charge is 0.306 e. The molecule has 0 aromatic carbocycles. The van der Waals surface area contributed by atoms with E-state index in [-0.39, 0.29) is 32.0 Å². The Hall–Kier alpha value is -2.55. The molecule has 0 spiro atoms. The molecule has 0 aromatic rings. The highest BCUT2D eigenvalue weighted by Gasteiger charge is 2.22. The molecule has 0 bridgehead atoms. The quantitative estimate of drug-likeness (QED) is 0.0195. The number of quaternary nitrogens is 1. The Bertz CT molecular complexity index is 1510. The Morgan fingerprint density at radius 2 is 0.750 bits per heavy atom. The highest BCUT2D eigenvalue weighted by Crippen LogP contribution is 2.38. The van der Waals surface area contributed by atoms with E-state index >= 15 is 0 Å². The molecule has 0 amide bonds. The number of phosphoric ester groups is 1. The molecule has 9 nitrogen and oxygen atoms in total. The number of esters is 2. The molecule has 442 valence electrons. The van der Waals surface area contributed by atoms with Crippen LogP contribution < -0.4 is 4.89 Å². The summed E-state index contributed by atoms with van der Waals surface area (Å²) in [6.07, 6.45) is 75.3. The molecule has 0 radical (unpaired) electrons. The topological polar surface area (TPSA) is 111 Å². The Labute approximate surface area is 469 Å². The molecule has 0 heterocycles. The average Bonchev–Trinajstić information content (AvgIpc) is 3.38. The summed E-state index contributed by atoms with van der Waals surface area (Å²) in [5.74, 6) is -0.829. The molecule has 10 heteroatoms. The van der Waals surface area contributed by atoms with Crippen molar-refractivity contribution in [2.45, 2.75) is 290 Å². The summed E-state index contributed by atoms with van der Waals surface area (Å²) < 4.78 is 34.2. The largest absolute Gasteiger partial charge is 0.756 e. The average molecular weight is 1090 g/mol. The molecule has 0 aliphatic carbocycles. The summed E-state index contributed by atoms with van der Waals surface area (Å²) >= 11 is 0. The second-order valence-electron chi connectivity index (χ2n) is 22.4. The lowest BCUT2D eigenvalue weighted by Gasteiger charge is -2.28. The first-order valence-electron chi connectivity index (χ1n) is 31.6. The highest BCUT2D eigenvalue weighted by atomic mass is 31.2. The molecule has 0 N–H and O–H groups in total. The standard InChI is InChI=1S/C66H120NO8P/c1-6-8-10-12-14-16-18-20-22-24-26-28-30-31-32-33-34-35-37-39-41-43-45-47-49-51-53-55-57-59-66(69)75-64(63-74-76(70,71)73-61-60-67(3,4)5)62-72-65(68)58-56-54-52-50-48-46-44-42-40-38-36-29-27-25-23-21-19-17-15-13-11-9-7-2/h8,10,14,16,20,22,26,28,31-32,34-35,64H,6-7,9,11-13,15,17-19,21,23-25,27,29-30,33,36-63H2,1-5H3/b10-8-,16-14-,22-20-,28-26-,32-31-,35-34-. The van der Waals surface area contributed by atoms with Crippen LogP contribution in [0.2, 0.25) is 0 Å². The second kappa shape index (κ2) is 57.1. The van der Waals surface area contributed by atoms with Gasteiger partial charge in [-0.1, -0.05) is 279 Å². The maximum Gasteiger partial charge on any atom is 0.306 e. The molecule has 2 unspecified atom stereocenters. The van der Waals surface area contributed by atoms with Gasteiger partial charge in [-0.3, -0.25) is 14.2 Å². The first-order valence-corrected chi connectivity index (χ1v) is 33.1. The fourth-order valence-electron chi connectivity index (χ4n) is 8.90.